The number of aromatic amines is 1. The molecule has 31 heavy (non-hydrogen) atoms. The molecule has 1 heterocycles. The van der Waals surface area contributed by atoms with Crippen LogP contribution < -0.4 is 15.4 Å². The minimum absolute atomic E-state index is 0.0117. The summed E-state index contributed by atoms with van der Waals surface area (Å²) >= 11 is 0. The number of para-hydroxylation sites is 3. The number of carbonyl (C=O) groups is 1. The van der Waals surface area contributed by atoms with E-state index in [1.165, 1.54) is 18.2 Å². The fourth-order valence-corrected chi connectivity index (χ4v) is 3.92. The van der Waals surface area contributed by atoms with Crippen molar-refractivity contribution in [2.45, 2.75) is 44.6 Å². The SMILES string of the molecule is O=C(NCc1ccccc1OC(F)(F)F)C1CCC(Nc2nc3ccccc3[nH]2)CC1. The lowest BCUT2D eigenvalue weighted by Gasteiger charge is -2.28. The number of nitrogens with zero attached hydrogens (tertiary/aromatic N) is 1. The molecule has 0 aliphatic heterocycles. The zero-order valence-electron chi connectivity index (χ0n) is 16.7. The molecule has 9 heteroatoms. The lowest BCUT2D eigenvalue weighted by atomic mass is 9.85. The number of hydrogen-bond donors (Lipinski definition) is 3. The molecule has 3 aromatic rings. The number of H-pyrrole nitrogens is 1. The highest BCUT2D eigenvalue weighted by Crippen LogP contribution is 2.28. The van der Waals surface area contributed by atoms with Gasteiger partial charge in [-0.05, 0) is 43.9 Å². The average Bonchev–Trinajstić information content (AvgIpc) is 3.14. The van der Waals surface area contributed by atoms with E-state index in [9.17, 15) is 18.0 Å². The van der Waals surface area contributed by atoms with E-state index in [1.807, 2.05) is 24.3 Å². The van der Waals surface area contributed by atoms with Crippen LogP contribution in [0, 0.1) is 5.92 Å². The summed E-state index contributed by atoms with van der Waals surface area (Å²) in [5.41, 5.74) is 2.15. The smallest absolute Gasteiger partial charge is 0.405 e. The minimum atomic E-state index is -4.77. The van der Waals surface area contributed by atoms with Gasteiger partial charge < -0.3 is 20.4 Å². The van der Waals surface area contributed by atoms with Crippen LogP contribution in [-0.2, 0) is 11.3 Å². The van der Waals surface area contributed by atoms with Crippen LogP contribution in [-0.4, -0.2) is 28.3 Å². The zero-order valence-corrected chi connectivity index (χ0v) is 16.7. The number of anilines is 1. The Morgan fingerprint density at radius 1 is 1.06 bits per heavy atom. The first-order valence-corrected chi connectivity index (χ1v) is 10.2. The van der Waals surface area contributed by atoms with E-state index >= 15 is 0 Å². The Balaban J connectivity index is 1.27. The molecule has 2 aromatic carbocycles. The van der Waals surface area contributed by atoms with Crippen molar-refractivity contribution in [1.29, 1.82) is 0 Å². The molecule has 0 atom stereocenters. The van der Waals surface area contributed by atoms with E-state index in [1.54, 1.807) is 6.07 Å². The molecule has 1 amide bonds. The predicted molar refractivity (Wildman–Crippen MR) is 110 cm³/mol. The van der Waals surface area contributed by atoms with Crippen LogP contribution in [0.15, 0.2) is 48.5 Å². The highest BCUT2D eigenvalue weighted by Gasteiger charge is 2.32. The Bertz CT molecular complexity index is 1010. The van der Waals surface area contributed by atoms with E-state index in [0.717, 1.165) is 29.8 Å². The van der Waals surface area contributed by atoms with Gasteiger partial charge in [0.2, 0.25) is 11.9 Å². The first kappa shape index (κ1) is 21.0. The van der Waals surface area contributed by atoms with E-state index in [2.05, 4.69) is 25.3 Å². The number of ether oxygens (including phenoxy) is 1. The number of amides is 1. The molecule has 6 nitrogen and oxygen atoms in total. The maximum Gasteiger partial charge on any atom is 0.573 e. The number of rotatable bonds is 6. The number of carbonyl (C=O) groups excluding carboxylic acids is 1. The highest BCUT2D eigenvalue weighted by molar-refractivity contribution is 5.79. The zero-order chi connectivity index (χ0) is 21.8. The van der Waals surface area contributed by atoms with Gasteiger partial charge in [0.1, 0.15) is 5.75 Å². The van der Waals surface area contributed by atoms with Gasteiger partial charge in [-0.1, -0.05) is 30.3 Å². The Morgan fingerprint density at radius 3 is 2.52 bits per heavy atom. The van der Waals surface area contributed by atoms with Crippen LogP contribution in [0.25, 0.3) is 11.0 Å². The summed E-state index contributed by atoms with van der Waals surface area (Å²) in [6.45, 7) is -0.0117. The number of hydrogen-bond acceptors (Lipinski definition) is 4. The van der Waals surface area contributed by atoms with Gasteiger partial charge in [-0.25, -0.2) is 4.98 Å². The molecular weight excluding hydrogens is 409 g/mol. The van der Waals surface area contributed by atoms with Gasteiger partial charge in [-0.3, -0.25) is 4.79 Å². The van der Waals surface area contributed by atoms with Crippen molar-refractivity contribution < 1.29 is 22.7 Å². The number of benzene rings is 2. The van der Waals surface area contributed by atoms with Gasteiger partial charge >= 0.3 is 6.36 Å². The number of imidazole rings is 1. The summed E-state index contributed by atoms with van der Waals surface area (Å²) in [6.07, 6.45) is -1.76. The van der Waals surface area contributed by atoms with E-state index in [4.69, 9.17) is 0 Å². The fraction of sp³-hybridized carbons (Fsp3) is 0.364. The lowest BCUT2D eigenvalue weighted by molar-refractivity contribution is -0.274. The second kappa shape index (κ2) is 8.87. The summed E-state index contributed by atoms with van der Waals surface area (Å²) in [5.74, 6) is 0.109. The molecule has 0 bridgehead atoms. The number of fused-ring (bicyclic) bond motifs is 1. The lowest BCUT2D eigenvalue weighted by Crippen LogP contribution is -2.35. The number of aromatic nitrogens is 2. The molecule has 0 radical (unpaired) electrons. The molecular formula is C22H23F3N4O2. The minimum Gasteiger partial charge on any atom is -0.405 e. The molecule has 0 unspecified atom stereocenters. The first-order chi connectivity index (χ1) is 14.9. The molecule has 1 fully saturated rings. The standard InChI is InChI=1S/C22H23F3N4O2/c23-22(24,25)31-19-8-4-1-5-15(19)13-26-20(30)14-9-11-16(12-10-14)27-21-28-17-6-2-3-7-18(17)29-21/h1-8,14,16H,9-13H2,(H,26,30)(H2,27,28,29). The van der Waals surface area contributed by atoms with Gasteiger partial charge in [-0.15, -0.1) is 13.2 Å². The van der Waals surface area contributed by atoms with Crippen molar-refractivity contribution in [2.75, 3.05) is 5.32 Å². The summed E-state index contributed by atoms with van der Waals surface area (Å²) in [6, 6.07) is 13.8. The third kappa shape index (κ3) is 5.48. The normalized spacial score (nSPS) is 19.2. The van der Waals surface area contributed by atoms with Crippen molar-refractivity contribution in [3.8, 4) is 5.75 Å². The second-order valence-corrected chi connectivity index (χ2v) is 7.67. The van der Waals surface area contributed by atoms with Crippen molar-refractivity contribution in [3.63, 3.8) is 0 Å². The van der Waals surface area contributed by atoms with Crippen molar-refractivity contribution >= 4 is 22.9 Å². The summed E-state index contributed by atoms with van der Waals surface area (Å²) in [7, 11) is 0. The largest absolute Gasteiger partial charge is 0.573 e. The number of alkyl halides is 3. The van der Waals surface area contributed by atoms with Crippen molar-refractivity contribution in [1.82, 2.24) is 15.3 Å². The molecule has 1 aliphatic carbocycles. The van der Waals surface area contributed by atoms with Gasteiger partial charge in [0.15, 0.2) is 0 Å². The monoisotopic (exact) mass is 432 g/mol. The van der Waals surface area contributed by atoms with Crippen molar-refractivity contribution in [3.05, 3.63) is 54.1 Å². The molecule has 1 aliphatic rings. The molecule has 1 saturated carbocycles. The van der Waals surface area contributed by atoms with Crippen LogP contribution >= 0.6 is 0 Å². The fourth-order valence-electron chi connectivity index (χ4n) is 3.92. The van der Waals surface area contributed by atoms with Crippen LogP contribution in [0.4, 0.5) is 19.1 Å². The molecule has 0 saturated heterocycles. The Hall–Kier alpha value is -3.23. The Morgan fingerprint density at radius 2 is 1.77 bits per heavy atom. The molecule has 4 rings (SSSR count). The Kier molecular flexibility index (Phi) is 6.01. The van der Waals surface area contributed by atoms with Gasteiger partial charge in [0.05, 0.1) is 11.0 Å². The summed E-state index contributed by atoms with van der Waals surface area (Å²) in [4.78, 5) is 20.3. The maximum absolute atomic E-state index is 12.5. The van der Waals surface area contributed by atoms with Crippen LogP contribution in [0.1, 0.15) is 31.2 Å². The van der Waals surface area contributed by atoms with Gasteiger partial charge in [0.25, 0.3) is 0 Å². The third-order valence-electron chi connectivity index (χ3n) is 5.48. The van der Waals surface area contributed by atoms with E-state index < -0.39 is 6.36 Å². The van der Waals surface area contributed by atoms with Gasteiger partial charge in [-0.2, -0.15) is 0 Å². The molecule has 3 N–H and O–H groups in total. The van der Waals surface area contributed by atoms with Gasteiger partial charge in [0, 0.05) is 24.1 Å². The van der Waals surface area contributed by atoms with E-state index in [0.29, 0.717) is 12.8 Å². The highest BCUT2D eigenvalue weighted by atomic mass is 19.4. The average molecular weight is 432 g/mol. The van der Waals surface area contributed by atoms with Crippen LogP contribution in [0.3, 0.4) is 0 Å². The summed E-state index contributed by atoms with van der Waals surface area (Å²) in [5, 5.41) is 6.15. The first-order valence-electron chi connectivity index (χ1n) is 10.2. The maximum atomic E-state index is 12.5. The second-order valence-electron chi connectivity index (χ2n) is 7.67. The van der Waals surface area contributed by atoms with Crippen molar-refractivity contribution in [2.24, 2.45) is 5.92 Å². The van der Waals surface area contributed by atoms with Crippen LogP contribution in [0.2, 0.25) is 0 Å². The molecule has 0 spiro atoms. The summed E-state index contributed by atoms with van der Waals surface area (Å²) < 4.78 is 41.7. The quantitative estimate of drug-likeness (QED) is 0.525. The Labute approximate surface area is 177 Å². The molecule has 164 valence electrons. The van der Waals surface area contributed by atoms with Crippen LogP contribution in [0.5, 0.6) is 5.75 Å². The van der Waals surface area contributed by atoms with E-state index in [-0.39, 0.29) is 35.7 Å². The predicted octanol–water partition coefficient (Wildman–Crippen LogP) is 4.75. The number of nitrogens with one attached hydrogen (secondary N) is 3. The molecule has 1 aromatic heterocycles. The topological polar surface area (TPSA) is 79.0 Å². The number of halogens is 3. The third-order valence-corrected chi connectivity index (χ3v) is 5.48.